The molecule has 0 saturated heterocycles. The highest BCUT2D eigenvalue weighted by Crippen LogP contribution is 1.56. The van der Waals surface area contributed by atoms with Gasteiger partial charge >= 0.3 is 5.96 Å². The van der Waals surface area contributed by atoms with Crippen molar-refractivity contribution in [2.24, 2.45) is 9.98 Å². The van der Waals surface area contributed by atoms with Crippen molar-refractivity contribution in [3.05, 3.63) is 0 Å². The van der Waals surface area contributed by atoms with Gasteiger partial charge in [0.05, 0.1) is 13.8 Å². The summed E-state index contributed by atoms with van der Waals surface area (Å²) in [5, 5.41) is 0. The summed E-state index contributed by atoms with van der Waals surface area (Å²) in [5.74, 6) is 0.458. The molecule has 0 spiro atoms. The summed E-state index contributed by atoms with van der Waals surface area (Å²) in [6.45, 7) is 6.53. The fraction of sp³-hybridized carbons (Fsp3) is 0.250. The van der Waals surface area contributed by atoms with E-state index in [1.54, 1.807) is 7.05 Å². The molecule has 3 nitrogen and oxygen atoms in total. The van der Waals surface area contributed by atoms with Crippen LogP contribution in [0.2, 0.25) is 0 Å². The standard InChI is InChI=1S/C4H7N3/c1-5-4(6-2)7-3/h1-2H2,3H3/p+1. The number of guanidine groups is 1. The molecule has 0 aliphatic carbocycles. The van der Waals surface area contributed by atoms with Gasteiger partial charge in [0.1, 0.15) is 0 Å². The zero-order valence-corrected chi connectivity index (χ0v) is 4.31. The van der Waals surface area contributed by atoms with Crippen molar-refractivity contribution in [2.75, 3.05) is 7.05 Å². The lowest BCUT2D eigenvalue weighted by Crippen LogP contribution is -2.70. The predicted octanol–water partition coefficient (Wildman–Crippen LogP) is -1.55. The Labute approximate surface area is 42.5 Å². The van der Waals surface area contributed by atoms with E-state index in [0.717, 1.165) is 0 Å². The average Bonchev–Trinajstić information content (AvgIpc) is 1.72. The van der Waals surface area contributed by atoms with Crippen LogP contribution in [0.3, 0.4) is 0 Å². The van der Waals surface area contributed by atoms with Crippen molar-refractivity contribution in [3.8, 4) is 0 Å². The van der Waals surface area contributed by atoms with E-state index in [4.69, 9.17) is 0 Å². The highest BCUT2D eigenvalue weighted by Gasteiger charge is 1.89. The molecule has 1 N–H and O–H groups in total. The normalized spacial score (nSPS) is 10.7. The van der Waals surface area contributed by atoms with Gasteiger partial charge in [0, 0.05) is 6.72 Å². The third kappa shape index (κ3) is 1.81. The number of rotatable bonds is 0. The van der Waals surface area contributed by atoms with Crippen LogP contribution in [0.4, 0.5) is 0 Å². The highest BCUT2D eigenvalue weighted by molar-refractivity contribution is 5.75. The molecule has 0 bridgehead atoms. The van der Waals surface area contributed by atoms with Gasteiger partial charge in [-0.15, -0.1) is 4.99 Å². The molecular formula is C4H8N3+. The van der Waals surface area contributed by atoms with E-state index >= 15 is 0 Å². The number of aliphatic imine (C=N–C) groups is 2. The van der Waals surface area contributed by atoms with Crippen LogP contribution >= 0.6 is 0 Å². The van der Waals surface area contributed by atoms with Gasteiger partial charge < -0.3 is 0 Å². The van der Waals surface area contributed by atoms with Crippen molar-refractivity contribution in [3.63, 3.8) is 0 Å². The maximum absolute atomic E-state index is 3.64. The van der Waals surface area contributed by atoms with Crippen LogP contribution < -0.4 is 4.99 Å². The molecule has 0 unspecified atom stereocenters. The van der Waals surface area contributed by atoms with E-state index in [1.165, 1.54) is 0 Å². The van der Waals surface area contributed by atoms with Crippen molar-refractivity contribution < 1.29 is 4.99 Å². The SMILES string of the molecule is C=NC(=NC)[NH+]=C. The first kappa shape index (κ1) is 6.01. The molecule has 0 radical (unpaired) electrons. The molecule has 0 aromatic rings. The Kier molecular flexibility index (Phi) is 2.76. The molecular weight excluding hydrogens is 90.1 g/mol. The first-order valence-corrected chi connectivity index (χ1v) is 1.81. The van der Waals surface area contributed by atoms with Crippen molar-refractivity contribution in [1.82, 2.24) is 0 Å². The smallest absolute Gasteiger partial charge is 0.253 e. The molecule has 0 aromatic heterocycles. The van der Waals surface area contributed by atoms with Gasteiger partial charge in [-0.1, -0.05) is 4.99 Å². The number of hydrogen-bond acceptors (Lipinski definition) is 1. The van der Waals surface area contributed by atoms with Gasteiger partial charge in [-0.2, -0.15) is 0 Å². The Morgan fingerprint density at radius 2 is 2.29 bits per heavy atom. The van der Waals surface area contributed by atoms with E-state index in [0.29, 0.717) is 5.96 Å². The Bertz CT molecular complexity index is 93.5. The average molecular weight is 98.1 g/mol. The summed E-state index contributed by atoms with van der Waals surface area (Å²) in [5.41, 5.74) is 0. The van der Waals surface area contributed by atoms with E-state index in [1.807, 2.05) is 0 Å². The second-order valence-electron chi connectivity index (χ2n) is 0.882. The molecule has 38 valence electrons. The monoisotopic (exact) mass is 98.1 g/mol. The van der Waals surface area contributed by atoms with Crippen LogP contribution in [-0.4, -0.2) is 26.4 Å². The van der Waals surface area contributed by atoms with Crippen molar-refractivity contribution in [1.29, 1.82) is 0 Å². The van der Waals surface area contributed by atoms with Crippen LogP contribution in [0.25, 0.3) is 0 Å². The summed E-state index contributed by atoms with van der Waals surface area (Å²) in [4.78, 5) is 9.56. The van der Waals surface area contributed by atoms with E-state index < -0.39 is 0 Å². The Balaban J connectivity index is 3.85. The fourth-order valence-electron chi connectivity index (χ4n) is 0.206. The Morgan fingerprint density at radius 3 is 2.29 bits per heavy atom. The Hall–Kier alpha value is -0.990. The van der Waals surface area contributed by atoms with Crippen LogP contribution in [0.5, 0.6) is 0 Å². The number of nitrogens with zero attached hydrogens (tertiary/aromatic N) is 2. The fourth-order valence-corrected chi connectivity index (χ4v) is 0.206. The summed E-state index contributed by atoms with van der Waals surface area (Å²) in [7, 11) is 1.61. The third-order valence-corrected chi connectivity index (χ3v) is 0.520. The highest BCUT2D eigenvalue weighted by atomic mass is 15.0. The molecule has 0 rings (SSSR count). The minimum absolute atomic E-state index is 0.458. The lowest BCUT2D eigenvalue weighted by atomic mass is 11.0. The van der Waals surface area contributed by atoms with Crippen LogP contribution in [0.15, 0.2) is 9.98 Å². The van der Waals surface area contributed by atoms with Crippen LogP contribution in [0.1, 0.15) is 0 Å². The number of hydrogen-bond donors (Lipinski definition) is 1. The summed E-state index contributed by atoms with van der Waals surface area (Å²) < 4.78 is 0. The molecule has 0 fully saturated rings. The zero-order valence-electron chi connectivity index (χ0n) is 4.31. The first-order chi connectivity index (χ1) is 3.35. The molecule has 0 aliphatic heterocycles. The second-order valence-corrected chi connectivity index (χ2v) is 0.882. The molecule has 7 heavy (non-hydrogen) atoms. The Morgan fingerprint density at radius 1 is 1.71 bits per heavy atom. The quantitative estimate of drug-likeness (QED) is 0.281. The molecule has 0 heterocycles. The molecule has 0 saturated carbocycles. The molecule has 0 aliphatic rings. The third-order valence-electron chi connectivity index (χ3n) is 0.520. The largest absolute Gasteiger partial charge is 0.423 e. The summed E-state index contributed by atoms with van der Waals surface area (Å²) in [6, 6.07) is 0. The molecule has 3 heteroatoms. The van der Waals surface area contributed by atoms with Crippen LogP contribution in [0, 0.1) is 0 Å². The maximum atomic E-state index is 3.64. The topological polar surface area (TPSA) is 38.7 Å². The minimum Gasteiger partial charge on any atom is -0.253 e. The molecule has 0 amide bonds. The van der Waals surface area contributed by atoms with E-state index in [2.05, 4.69) is 28.4 Å². The van der Waals surface area contributed by atoms with Gasteiger partial charge in [-0.3, -0.25) is 4.99 Å². The molecule has 0 atom stereocenters. The van der Waals surface area contributed by atoms with Gasteiger partial charge in [-0.05, 0) is 0 Å². The summed E-state index contributed by atoms with van der Waals surface area (Å²) in [6.07, 6.45) is 0. The van der Waals surface area contributed by atoms with E-state index in [9.17, 15) is 0 Å². The van der Waals surface area contributed by atoms with Gasteiger partial charge in [0.2, 0.25) is 0 Å². The lowest BCUT2D eigenvalue weighted by molar-refractivity contribution is -0.305. The predicted molar refractivity (Wildman–Crippen MR) is 31.0 cm³/mol. The minimum atomic E-state index is 0.458. The van der Waals surface area contributed by atoms with Crippen molar-refractivity contribution in [2.45, 2.75) is 0 Å². The van der Waals surface area contributed by atoms with Gasteiger partial charge in [-0.25, -0.2) is 0 Å². The van der Waals surface area contributed by atoms with Crippen LogP contribution in [-0.2, 0) is 0 Å². The second kappa shape index (κ2) is 3.21. The number of nitrogens with one attached hydrogen (secondary N) is 1. The molecule has 0 aromatic carbocycles. The lowest BCUT2D eigenvalue weighted by Gasteiger charge is -1.69. The first-order valence-electron chi connectivity index (χ1n) is 1.81. The van der Waals surface area contributed by atoms with Crippen molar-refractivity contribution >= 4 is 19.4 Å². The van der Waals surface area contributed by atoms with E-state index in [-0.39, 0.29) is 0 Å². The maximum Gasteiger partial charge on any atom is 0.423 e. The summed E-state index contributed by atoms with van der Waals surface area (Å²) >= 11 is 0. The zero-order chi connectivity index (χ0) is 5.70. The van der Waals surface area contributed by atoms with Gasteiger partial charge in [0.25, 0.3) is 0 Å². The van der Waals surface area contributed by atoms with Gasteiger partial charge in [0.15, 0.2) is 0 Å².